The fourth-order valence-electron chi connectivity index (χ4n) is 1.89. The van der Waals surface area contributed by atoms with Gasteiger partial charge in [0.05, 0.1) is 0 Å². The van der Waals surface area contributed by atoms with Crippen LogP contribution in [-0.2, 0) is 16.1 Å². The Balaban J connectivity index is 2.66. The van der Waals surface area contributed by atoms with E-state index >= 15 is 0 Å². The first-order valence-electron chi connectivity index (χ1n) is 7.06. The van der Waals surface area contributed by atoms with Crippen molar-refractivity contribution in [2.24, 2.45) is 5.73 Å². The number of nitrogens with one attached hydrogen (secondary N) is 1. The molecule has 0 aliphatic carbocycles. The van der Waals surface area contributed by atoms with E-state index in [0.29, 0.717) is 22.6 Å². The summed E-state index contributed by atoms with van der Waals surface area (Å²) in [5.74, 6) is -2.14. The lowest BCUT2D eigenvalue weighted by Gasteiger charge is -2.19. The average Bonchev–Trinajstić information content (AvgIpc) is 2.43. The quantitative estimate of drug-likeness (QED) is 0.840. The first kappa shape index (κ1) is 19.0. The van der Waals surface area contributed by atoms with Crippen molar-refractivity contribution in [1.29, 1.82) is 0 Å². The molecule has 128 valence electrons. The van der Waals surface area contributed by atoms with Gasteiger partial charge in [0.2, 0.25) is 5.91 Å². The third-order valence-electron chi connectivity index (χ3n) is 3.05. The Morgan fingerprint density at radius 2 is 2.00 bits per heavy atom. The number of anilines is 1. The first-order chi connectivity index (χ1) is 10.6. The molecule has 1 unspecified atom stereocenters. The molecule has 1 atom stereocenters. The van der Waals surface area contributed by atoms with E-state index in [4.69, 9.17) is 5.73 Å². The summed E-state index contributed by atoms with van der Waals surface area (Å²) in [5.41, 5.74) is 6.51. The molecular formula is C15H20F3N3O2. The normalized spacial score (nSPS) is 12.6. The van der Waals surface area contributed by atoms with Gasteiger partial charge >= 0.3 is 12.1 Å². The molecule has 0 radical (unpaired) electrons. The van der Waals surface area contributed by atoms with Crippen LogP contribution in [0.25, 0.3) is 0 Å². The van der Waals surface area contributed by atoms with Crippen LogP contribution in [0.2, 0.25) is 0 Å². The van der Waals surface area contributed by atoms with E-state index < -0.39 is 12.1 Å². The van der Waals surface area contributed by atoms with Gasteiger partial charge < -0.3 is 16.0 Å². The number of alkyl halides is 3. The van der Waals surface area contributed by atoms with E-state index in [1.54, 1.807) is 25.1 Å². The van der Waals surface area contributed by atoms with Crippen molar-refractivity contribution in [3.63, 3.8) is 0 Å². The molecule has 0 aliphatic rings. The lowest BCUT2D eigenvalue weighted by atomic mass is 10.1. The zero-order valence-electron chi connectivity index (χ0n) is 13.0. The molecule has 0 aromatic heterocycles. The minimum Gasteiger partial charge on any atom is -0.334 e. The van der Waals surface area contributed by atoms with E-state index in [1.807, 2.05) is 0 Å². The zero-order valence-corrected chi connectivity index (χ0v) is 13.0. The summed E-state index contributed by atoms with van der Waals surface area (Å²) >= 11 is 0. The Labute approximate surface area is 132 Å². The van der Waals surface area contributed by atoms with Gasteiger partial charge in [-0.15, -0.1) is 0 Å². The fraction of sp³-hybridized carbons (Fsp3) is 0.467. The van der Waals surface area contributed by atoms with Crippen molar-refractivity contribution < 1.29 is 22.8 Å². The molecule has 0 aliphatic heterocycles. The number of hydrogen-bond acceptors (Lipinski definition) is 3. The summed E-state index contributed by atoms with van der Waals surface area (Å²) < 4.78 is 37.0. The number of benzene rings is 1. The molecule has 23 heavy (non-hydrogen) atoms. The van der Waals surface area contributed by atoms with Gasteiger partial charge in [0, 0.05) is 31.7 Å². The lowest BCUT2D eigenvalue weighted by Crippen LogP contribution is -2.37. The van der Waals surface area contributed by atoms with Gasteiger partial charge in [0.1, 0.15) is 0 Å². The standard InChI is InChI=1S/C15H20F3N3O2/c1-10(19)6-7-13(22)20-12-5-3-4-11(8-12)9-21(2)14(23)15(16,17)18/h3-5,8,10H,6-7,9,19H2,1-2H3,(H,20,22). The van der Waals surface area contributed by atoms with Crippen LogP contribution in [0.15, 0.2) is 24.3 Å². The molecule has 1 aromatic carbocycles. The minimum atomic E-state index is -4.90. The number of nitrogens with zero attached hydrogens (tertiary/aromatic N) is 1. The number of nitrogens with two attached hydrogens (primary N) is 1. The number of carbonyl (C=O) groups excluding carboxylic acids is 2. The smallest absolute Gasteiger partial charge is 0.334 e. The topological polar surface area (TPSA) is 75.4 Å². The second-order valence-electron chi connectivity index (χ2n) is 5.42. The summed E-state index contributed by atoms with van der Waals surface area (Å²) in [6.45, 7) is 1.59. The second-order valence-corrected chi connectivity index (χ2v) is 5.42. The number of rotatable bonds is 6. The number of hydrogen-bond donors (Lipinski definition) is 2. The van der Waals surface area contributed by atoms with E-state index in [1.165, 1.54) is 6.07 Å². The average molecular weight is 331 g/mol. The van der Waals surface area contributed by atoms with Crippen LogP contribution in [-0.4, -0.2) is 36.0 Å². The molecule has 1 aromatic rings. The van der Waals surface area contributed by atoms with Crippen LogP contribution >= 0.6 is 0 Å². The van der Waals surface area contributed by atoms with Crippen molar-refractivity contribution in [1.82, 2.24) is 4.90 Å². The molecule has 8 heteroatoms. The molecule has 0 saturated heterocycles. The van der Waals surface area contributed by atoms with Crippen molar-refractivity contribution in [3.05, 3.63) is 29.8 Å². The van der Waals surface area contributed by atoms with Crippen molar-refractivity contribution in [2.45, 2.75) is 38.5 Å². The molecule has 1 rings (SSSR count). The van der Waals surface area contributed by atoms with Crippen LogP contribution in [0.4, 0.5) is 18.9 Å². The van der Waals surface area contributed by atoms with Gasteiger partial charge in [-0.1, -0.05) is 12.1 Å². The van der Waals surface area contributed by atoms with Gasteiger partial charge in [0.15, 0.2) is 0 Å². The molecule has 0 bridgehead atoms. The van der Waals surface area contributed by atoms with Crippen LogP contribution in [0.3, 0.4) is 0 Å². The third-order valence-corrected chi connectivity index (χ3v) is 3.05. The summed E-state index contributed by atoms with van der Waals surface area (Å²) in [4.78, 5) is 23.4. The Bertz CT molecular complexity index is 559. The number of halogens is 3. The van der Waals surface area contributed by atoms with Gasteiger partial charge in [-0.3, -0.25) is 9.59 Å². The highest BCUT2D eigenvalue weighted by Crippen LogP contribution is 2.20. The maximum absolute atomic E-state index is 12.3. The maximum Gasteiger partial charge on any atom is 0.471 e. The number of carbonyl (C=O) groups is 2. The van der Waals surface area contributed by atoms with E-state index in [2.05, 4.69) is 5.32 Å². The van der Waals surface area contributed by atoms with E-state index in [0.717, 1.165) is 7.05 Å². The summed E-state index contributed by atoms with van der Waals surface area (Å²) in [6.07, 6.45) is -4.11. The minimum absolute atomic E-state index is 0.0888. The molecule has 0 saturated carbocycles. The Morgan fingerprint density at radius 3 is 2.57 bits per heavy atom. The Morgan fingerprint density at radius 1 is 1.35 bits per heavy atom. The molecule has 3 N–H and O–H groups in total. The predicted molar refractivity (Wildman–Crippen MR) is 80.5 cm³/mol. The molecular weight excluding hydrogens is 311 g/mol. The zero-order chi connectivity index (χ0) is 17.6. The van der Waals surface area contributed by atoms with Crippen molar-refractivity contribution >= 4 is 17.5 Å². The van der Waals surface area contributed by atoms with Crippen LogP contribution in [0.1, 0.15) is 25.3 Å². The maximum atomic E-state index is 12.3. The molecule has 0 spiro atoms. The Kier molecular flexibility index (Phi) is 6.56. The highest BCUT2D eigenvalue weighted by molar-refractivity contribution is 5.90. The third kappa shape index (κ3) is 6.68. The van der Waals surface area contributed by atoms with Gasteiger partial charge in [-0.2, -0.15) is 13.2 Å². The molecule has 0 heterocycles. The van der Waals surface area contributed by atoms with Gasteiger partial charge in [0.25, 0.3) is 0 Å². The Hall–Kier alpha value is -2.09. The van der Waals surface area contributed by atoms with Gasteiger partial charge in [-0.25, -0.2) is 0 Å². The molecule has 0 fully saturated rings. The first-order valence-corrected chi connectivity index (χ1v) is 7.06. The fourth-order valence-corrected chi connectivity index (χ4v) is 1.89. The van der Waals surface area contributed by atoms with Gasteiger partial charge in [-0.05, 0) is 31.0 Å². The van der Waals surface area contributed by atoms with Crippen molar-refractivity contribution in [3.8, 4) is 0 Å². The highest BCUT2D eigenvalue weighted by Gasteiger charge is 2.41. The van der Waals surface area contributed by atoms with E-state index in [-0.39, 0.29) is 24.9 Å². The van der Waals surface area contributed by atoms with Crippen LogP contribution in [0, 0.1) is 0 Å². The summed E-state index contributed by atoms with van der Waals surface area (Å²) in [5, 5.41) is 2.65. The molecule has 5 nitrogen and oxygen atoms in total. The highest BCUT2D eigenvalue weighted by atomic mass is 19.4. The number of amides is 2. The predicted octanol–water partition coefficient (Wildman–Crippen LogP) is 2.27. The molecule has 2 amide bonds. The van der Waals surface area contributed by atoms with E-state index in [9.17, 15) is 22.8 Å². The second kappa shape index (κ2) is 7.96. The van der Waals surface area contributed by atoms with Crippen LogP contribution in [0.5, 0.6) is 0 Å². The summed E-state index contributed by atoms with van der Waals surface area (Å²) in [6, 6.07) is 6.25. The SMILES string of the molecule is CC(N)CCC(=O)Nc1cccc(CN(C)C(=O)C(F)(F)F)c1. The van der Waals surface area contributed by atoms with Crippen LogP contribution < -0.4 is 11.1 Å². The monoisotopic (exact) mass is 331 g/mol. The largest absolute Gasteiger partial charge is 0.471 e. The lowest BCUT2D eigenvalue weighted by molar-refractivity contribution is -0.184. The van der Waals surface area contributed by atoms with Crippen molar-refractivity contribution in [2.75, 3.05) is 12.4 Å². The summed E-state index contributed by atoms with van der Waals surface area (Å²) in [7, 11) is 1.07.